The van der Waals surface area contributed by atoms with Crippen molar-refractivity contribution in [1.82, 2.24) is 15.6 Å². The Labute approximate surface area is 174 Å². The lowest BCUT2D eigenvalue weighted by Crippen LogP contribution is -2.33. The van der Waals surface area contributed by atoms with Crippen LogP contribution in [0, 0.1) is 0 Å². The summed E-state index contributed by atoms with van der Waals surface area (Å²) >= 11 is 0. The standard InChI is InChI=1S/C24H23N3O3/c28-23(12-13-25-24(29)22-11-6-14-30-22)27-15-19(17-7-2-1-3-8-17)20-16-26-21-10-5-4-9-18(20)21/h1-11,14,16,19,26H,12-13,15H2,(H,25,29)(H,27,28)/t19-/m0/s1. The largest absolute Gasteiger partial charge is 0.459 e. The average Bonchev–Trinajstić information content (AvgIpc) is 3.45. The number of H-pyrrole nitrogens is 1. The van der Waals surface area contributed by atoms with E-state index in [0.29, 0.717) is 6.54 Å². The van der Waals surface area contributed by atoms with E-state index in [1.165, 1.54) is 6.26 Å². The first-order valence-electron chi connectivity index (χ1n) is 9.92. The van der Waals surface area contributed by atoms with Crippen LogP contribution in [0.15, 0.2) is 83.6 Å². The normalized spacial score (nSPS) is 11.9. The van der Waals surface area contributed by atoms with Gasteiger partial charge >= 0.3 is 0 Å². The number of furan rings is 1. The second kappa shape index (κ2) is 9.13. The molecule has 2 heterocycles. The Hall–Kier alpha value is -3.80. The smallest absolute Gasteiger partial charge is 0.286 e. The Morgan fingerprint density at radius 3 is 2.53 bits per heavy atom. The molecular formula is C24H23N3O3. The summed E-state index contributed by atoms with van der Waals surface area (Å²) < 4.78 is 5.04. The van der Waals surface area contributed by atoms with Gasteiger partial charge in [0.15, 0.2) is 5.76 Å². The average molecular weight is 401 g/mol. The SMILES string of the molecule is O=C(CCNC(=O)c1ccco1)NC[C@@H](c1ccccc1)c1c[nH]c2ccccc12. The van der Waals surface area contributed by atoms with Crippen molar-refractivity contribution in [3.63, 3.8) is 0 Å². The van der Waals surface area contributed by atoms with Crippen LogP contribution < -0.4 is 10.6 Å². The molecule has 0 radical (unpaired) electrons. The monoisotopic (exact) mass is 401 g/mol. The highest BCUT2D eigenvalue weighted by Gasteiger charge is 2.19. The summed E-state index contributed by atoms with van der Waals surface area (Å²) in [4.78, 5) is 27.6. The highest BCUT2D eigenvalue weighted by atomic mass is 16.3. The summed E-state index contributed by atoms with van der Waals surface area (Å²) in [6, 6.07) is 21.5. The van der Waals surface area contributed by atoms with Crippen LogP contribution in [0.1, 0.15) is 34.0 Å². The van der Waals surface area contributed by atoms with E-state index < -0.39 is 0 Å². The molecule has 0 bridgehead atoms. The van der Waals surface area contributed by atoms with Crippen molar-refractivity contribution in [2.24, 2.45) is 0 Å². The molecule has 0 aliphatic rings. The summed E-state index contributed by atoms with van der Waals surface area (Å²) in [5.74, 6) is -0.188. The van der Waals surface area contributed by atoms with E-state index in [9.17, 15) is 9.59 Å². The molecule has 0 saturated heterocycles. The van der Waals surface area contributed by atoms with Gasteiger partial charge < -0.3 is 20.0 Å². The molecule has 30 heavy (non-hydrogen) atoms. The first kappa shape index (κ1) is 19.5. The van der Waals surface area contributed by atoms with E-state index in [-0.39, 0.29) is 36.5 Å². The Balaban J connectivity index is 1.40. The zero-order valence-electron chi connectivity index (χ0n) is 16.4. The molecule has 152 valence electrons. The first-order chi connectivity index (χ1) is 14.7. The molecule has 2 aromatic carbocycles. The number of aromatic nitrogens is 1. The van der Waals surface area contributed by atoms with Crippen molar-refractivity contribution in [2.75, 3.05) is 13.1 Å². The molecule has 6 nitrogen and oxygen atoms in total. The third kappa shape index (κ3) is 4.43. The summed E-state index contributed by atoms with van der Waals surface area (Å²) in [6.07, 6.45) is 3.65. The lowest BCUT2D eigenvalue weighted by atomic mass is 9.91. The molecule has 4 rings (SSSR count). The number of fused-ring (bicyclic) bond motifs is 1. The van der Waals surface area contributed by atoms with Crippen molar-refractivity contribution in [3.8, 4) is 0 Å². The summed E-state index contributed by atoms with van der Waals surface area (Å²) in [5, 5.41) is 6.85. The van der Waals surface area contributed by atoms with Crippen LogP contribution in [-0.2, 0) is 4.79 Å². The number of carbonyl (C=O) groups excluding carboxylic acids is 2. The number of amides is 2. The number of benzene rings is 2. The highest BCUT2D eigenvalue weighted by molar-refractivity contribution is 5.91. The van der Waals surface area contributed by atoms with Gasteiger partial charge in [0.25, 0.3) is 5.91 Å². The van der Waals surface area contributed by atoms with Crippen molar-refractivity contribution in [2.45, 2.75) is 12.3 Å². The third-order valence-corrected chi connectivity index (χ3v) is 5.08. The molecule has 4 aromatic rings. The van der Waals surface area contributed by atoms with Gasteiger partial charge in [0, 0.05) is 42.5 Å². The highest BCUT2D eigenvalue weighted by Crippen LogP contribution is 2.30. The van der Waals surface area contributed by atoms with Crippen LogP contribution in [0.5, 0.6) is 0 Å². The molecule has 0 fully saturated rings. The van der Waals surface area contributed by atoms with Gasteiger partial charge in [-0.3, -0.25) is 9.59 Å². The van der Waals surface area contributed by atoms with Crippen molar-refractivity contribution in [1.29, 1.82) is 0 Å². The summed E-state index contributed by atoms with van der Waals surface area (Å²) in [6.45, 7) is 0.714. The maximum Gasteiger partial charge on any atom is 0.286 e. The third-order valence-electron chi connectivity index (χ3n) is 5.08. The van der Waals surface area contributed by atoms with Crippen molar-refractivity contribution in [3.05, 3.63) is 96.1 Å². The number of para-hydroxylation sites is 1. The molecular weight excluding hydrogens is 378 g/mol. The van der Waals surface area contributed by atoms with E-state index in [1.807, 2.05) is 42.6 Å². The molecule has 3 N–H and O–H groups in total. The molecule has 0 aliphatic carbocycles. The Morgan fingerprint density at radius 1 is 0.933 bits per heavy atom. The van der Waals surface area contributed by atoms with Crippen molar-refractivity contribution < 1.29 is 14.0 Å². The summed E-state index contributed by atoms with van der Waals surface area (Å²) in [7, 11) is 0. The van der Waals surface area contributed by atoms with E-state index in [0.717, 1.165) is 22.0 Å². The topological polar surface area (TPSA) is 87.1 Å². The second-order valence-corrected chi connectivity index (χ2v) is 7.04. The number of carbonyl (C=O) groups is 2. The van der Waals surface area contributed by atoms with Gasteiger partial charge in [-0.1, -0.05) is 48.5 Å². The first-order valence-corrected chi connectivity index (χ1v) is 9.92. The molecule has 2 amide bonds. The van der Waals surface area contributed by atoms with E-state index in [1.54, 1.807) is 12.1 Å². The predicted molar refractivity (Wildman–Crippen MR) is 115 cm³/mol. The minimum atomic E-state index is -0.325. The number of rotatable bonds is 8. The molecule has 0 spiro atoms. The van der Waals surface area contributed by atoms with E-state index >= 15 is 0 Å². The van der Waals surface area contributed by atoms with Crippen molar-refractivity contribution >= 4 is 22.7 Å². The van der Waals surface area contributed by atoms with Crippen LogP contribution >= 0.6 is 0 Å². The maximum atomic E-state index is 12.4. The fourth-order valence-electron chi connectivity index (χ4n) is 3.56. The van der Waals surface area contributed by atoms with Gasteiger partial charge in [-0.25, -0.2) is 0 Å². The predicted octanol–water partition coefficient (Wildman–Crippen LogP) is 3.83. The van der Waals surface area contributed by atoms with Gasteiger partial charge in [-0.05, 0) is 29.3 Å². The zero-order chi connectivity index (χ0) is 20.8. The molecule has 0 saturated carbocycles. The number of aromatic amines is 1. The molecule has 2 aromatic heterocycles. The quantitative estimate of drug-likeness (QED) is 0.419. The number of nitrogens with one attached hydrogen (secondary N) is 3. The van der Waals surface area contributed by atoms with Crippen LogP contribution in [0.4, 0.5) is 0 Å². The van der Waals surface area contributed by atoms with E-state index in [4.69, 9.17) is 4.42 Å². The van der Waals surface area contributed by atoms with Crippen LogP contribution in [0.25, 0.3) is 10.9 Å². The Bertz CT molecular complexity index is 1120. The Morgan fingerprint density at radius 2 is 1.73 bits per heavy atom. The maximum absolute atomic E-state index is 12.4. The Kier molecular flexibility index (Phi) is 5.94. The molecule has 1 atom stereocenters. The fraction of sp³-hybridized carbons (Fsp3) is 0.167. The number of hydrogen-bond donors (Lipinski definition) is 3. The molecule has 0 aliphatic heterocycles. The minimum Gasteiger partial charge on any atom is -0.459 e. The molecule has 6 heteroatoms. The summed E-state index contributed by atoms with van der Waals surface area (Å²) in [5.41, 5.74) is 3.34. The molecule has 0 unspecified atom stereocenters. The zero-order valence-corrected chi connectivity index (χ0v) is 16.4. The van der Waals surface area contributed by atoms with Gasteiger partial charge in [0.2, 0.25) is 5.91 Å². The fourth-order valence-corrected chi connectivity index (χ4v) is 3.56. The lowest BCUT2D eigenvalue weighted by Gasteiger charge is -2.18. The van der Waals surface area contributed by atoms with Gasteiger partial charge in [0.05, 0.1) is 6.26 Å². The van der Waals surface area contributed by atoms with Crippen LogP contribution in [0.3, 0.4) is 0 Å². The van der Waals surface area contributed by atoms with Gasteiger partial charge in [0.1, 0.15) is 0 Å². The van der Waals surface area contributed by atoms with Crippen LogP contribution in [0.2, 0.25) is 0 Å². The minimum absolute atomic E-state index is 0.0176. The number of hydrogen-bond acceptors (Lipinski definition) is 3. The van der Waals surface area contributed by atoms with Gasteiger partial charge in [-0.15, -0.1) is 0 Å². The second-order valence-electron chi connectivity index (χ2n) is 7.04. The lowest BCUT2D eigenvalue weighted by molar-refractivity contribution is -0.120. The van der Waals surface area contributed by atoms with E-state index in [2.05, 4.69) is 33.8 Å². The van der Waals surface area contributed by atoms with Gasteiger partial charge in [-0.2, -0.15) is 0 Å². The van der Waals surface area contributed by atoms with Crippen LogP contribution in [-0.4, -0.2) is 29.9 Å².